The summed E-state index contributed by atoms with van der Waals surface area (Å²) in [7, 11) is 0. The fourth-order valence-electron chi connectivity index (χ4n) is 2.06. The van der Waals surface area contributed by atoms with Crippen molar-refractivity contribution in [1.29, 1.82) is 0 Å². The van der Waals surface area contributed by atoms with Gasteiger partial charge in [-0.25, -0.2) is 0 Å². The van der Waals surface area contributed by atoms with Gasteiger partial charge in [-0.15, -0.1) is 0 Å². The van der Waals surface area contributed by atoms with E-state index in [-0.39, 0.29) is 18.1 Å². The highest BCUT2D eigenvalue weighted by atomic mass is 16.4. The number of aromatic hydroxyl groups is 1. The Bertz CT molecular complexity index is 485. The molecule has 0 aliphatic rings. The molecule has 0 fully saturated rings. The van der Waals surface area contributed by atoms with Gasteiger partial charge in [0, 0.05) is 25.5 Å². The van der Waals surface area contributed by atoms with Gasteiger partial charge in [0.1, 0.15) is 5.75 Å². The number of rotatable bonds is 7. The van der Waals surface area contributed by atoms with Crippen molar-refractivity contribution in [2.24, 2.45) is 0 Å². The number of carbonyl (C=O) groups excluding carboxylic acids is 1. The average Bonchev–Trinajstić information content (AvgIpc) is 2.39. The number of hydrogen-bond donors (Lipinski definition) is 2. The monoisotopic (exact) mass is 279 g/mol. The minimum absolute atomic E-state index is 0.0495. The Morgan fingerprint density at radius 3 is 2.45 bits per heavy atom. The molecular weight excluding hydrogens is 258 g/mol. The molecule has 0 aliphatic heterocycles. The number of carboxylic acids is 1. The second kappa shape index (κ2) is 7.53. The van der Waals surface area contributed by atoms with E-state index < -0.39 is 5.97 Å². The number of carbonyl (C=O) groups is 2. The predicted octanol–water partition coefficient (Wildman–Crippen LogP) is 2.70. The Hall–Kier alpha value is -2.04. The minimum Gasteiger partial charge on any atom is -0.508 e. The number of phenolic OH excluding ortho intramolecular Hbond substituents is 1. The first-order chi connectivity index (χ1) is 9.45. The molecule has 0 unspecified atom stereocenters. The second-order valence-electron chi connectivity index (χ2n) is 4.71. The van der Waals surface area contributed by atoms with E-state index in [2.05, 4.69) is 0 Å². The van der Waals surface area contributed by atoms with E-state index in [0.717, 1.165) is 5.56 Å². The van der Waals surface area contributed by atoms with Crippen molar-refractivity contribution in [2.75, 3.05) is 11.4 Å². The Morgan fingerprint density at radius 1 is 1.20 bits per heavy atom. The summed E-state index contributed by atoms with van der Waals surface area (Å²) < 4.78 is 0. The van der Waals surface area contributed by atoms with Gasteiger partial charge in [-0.3, -0.25) is 9.59 Å². The van der Waals surface area contributed by atoms with Crippen LogP contribution in [-0.4, -0.2) is 28.6 Å². The van der Waals surface area contributed by atoms with Gasteiger partial charge in [0.25, 0.3) is 0 Å². The lowest BCUT2D eigenvalue weighted by molar-refractivity contribution is -0.137. The topological polar surface area (TPSA) is 77.8 Å². The summed E-state index contributed by atoms with van der Waals surface area (Å²) in [6.07, 6.45) is 1.46. The molecule has 0 radical (unpaired) electrons. The Morgan fingerprint density at radius 2 is 1.85 bits per heavy atom. The molecule has 0 atom stereocenters. The van der Waals surface area contributed by atoms with Gasteiger partial charge in [-0.05, 0) is 38.3 Å². The predicted molar refractivity (Wildman–Crippen MR) is 77.0 cm³/mol. The molecule has 1 aromatic rings. The molecule has 0 saturated heterocycles. The first kappa shape index (κ1) is 16.0. The van der Waals surface area contributed by atoms with Crippen LogP contribution < -0.4 is 4.90 Å². The maximum Gasteiger partial charge on any atom is 0.303 e. The Kier molecular flexibility index (Phi) is 6.03. The van der Waals surface area contributed by atoms with Crippen molar-refractivity contribution in [1.82, 2.24) is 0 Å². The van der Waals surface area contributed by atoms with Crippen LogP contribution in [-0.2, 0) is 9.59 Å². The molecule has 110 valence electrons. The number of hydrogen-bond acceptors (Lipinski definition) is 3. The number of aryl methyl sites for hydroxylation is 1. The van der Waals surface area contributed by atoms with Crippen LogP contribution in [0.5, 0.6) is 5.75 Å². The molecule has 0 aromatic heterocycles. The summed E-state index contributed by atoms with van der Waals surface area (Å²) in [5.74, 6) is -0.761. The fourth-order valence-corrected chi connectivity index (χ4v) is 2.06. The number of phenols is 1. The average molecular weight is 279 g/mol. The molecule has 0 saturated carbocycles. The molecule has 0 bridgehead atoms. The third-order valence-corrected chi connectivity index (χ3v) is 3.13. The smallest absolute Gasteiger partial charge is 0.303 e. The van der Waals surface area contributed by atoms with E-state index in [1.807, 2.05) is 13.8 Å². The molecule has 20 heavy (non-hydrogen) atoms. The van der Waals surface area contributed by atoms with Crippen LogP contribution >= 0.6 is 0 Å². The number of amides is 1. The molecule has 0 spiro atoms. The third-order valence-electron chi connectivity index (χ3n) is 3.13. The summed E-state index contributed by atoms with van der Waals surface area (Å²) >= 11 is 0. The molecule has 5 nitrogen and oxygen atoms in total. The molecule has 2 N–H and O–H groups in total. The standard InChI is InChI=1S/C15H21NO4/c1-3-16(13-10-12(17)9-8-11(13)2)14(18)6-4-5-7-15(19)20/h8-10,17H,3-7H2,1-2H3,(H,19,20). The minimum atomic E-state index is -0.839. The quantitative estimate of drug-likeness (QED) is 0.752. The Labute approximate surface area is 118 Å². The van der Waals surface area contributed by atoms with Gasteiger partial charge in [0.2, 0.25) is 5.91 Å². The van der Waals surface area contributed by atoms with Crippen molar-refractivity contribution in [3.63, 3.8) is 0 Å². The van der Waals surface area contributed by atoms with Crippen LogP contribution in [0.3, 0.4) is 0 Å². The molecule has 1 aromatic carbocycles. The molecular formula is C15H21NO4. The highest BCUT2D eigenvalue weighted by molar-refractivity contribution is 5.94. The van der Waals surface area contributed by atoms with Gasteiger partial charge in [0.05, 0.1) is 5.69 Å². The van der Waals surface area contributed by atoms with Crippen LogP contribution in [0.2, 0.25) is 0 Å². The van der Waals surface area contributed by atoms with Gasteiger partial charge in [0.15, 0.2) is 0 Å². The van der Waals surface area contributed by atoms with Gasteiger partial charge < -0.3 is 15.1 Å². The zero-order chi connectivity index (χ0) is 15.1. The lowest BCUT2D eigenvalue weighted by Gasteiger charge is -2.23. The van der Waals surface area contributed by atoms with Crippen molar-refractivity contribution in [2.45, 2.75) is 39.5 Å². The van der Waals surface area contributed by atoms with Crippen molar-refractivity contribution < 1.29 is 19.8 Å². The number of nitrogens with zero attached hydrogens (tertiary/aromatic N) is 1. The van der Waals surface area contributed by atoms with Crippen LogP contribution in [0.25, 0.3) is 0 Å². The van der Waals surface area contributed by atoms with Crippen molar-refractivity contribution in [3.05, 3.63) is 23.8 Å². The lowest BCUT2D eigenvalue weighted by Crippen LogP contribution is -2.31. The van der Waals surface area contributed by atoms with E-state index in [1.165, 1.54) is 0 Å². The van der Waals surface area contributed by atoms with Crippen molar-refractivity contribution >= 4 is 17.6 Å². The summed E-state index contributed by atoms with van der Waals surface area (Å²) in [4.78, 5) is 24.2. The maximum absolute atomic E-state index is 12.2. The summed E-state index contributed by atoms with van der Waals surface area (Å²) in [6, 6.07) is 4.93. The van der Waals surface area contributed by atoms with E-state index >= 15 is 0 Å². The number of anilines is 1. The van der Waals surface area contributed by atoms with Crippen LogP contribution in [0.4, 0.5) is 5.69 Å². The van der Waals surface area contributed by atoms with Crippen LogP contribution in [0.1, 0.15) is 38.2 Å². The number of carboxylic acid groups (broad SMARTS) is 1. The van der Waals surface area contributed by atoms with Gasteiger partial charge in [-0.1, -0.05) is 6.07 Å². The molecule has 0 aliphatic carbocycles. The second-order valence-corrected chi connectivity index (χ2v) is 4.71. The third kappa shape index (κ3) is 4.57. The number of benzene rings is 1. The molecule has 5 heteroatoms. The zero-order valence-electron chi connectivity index (χ0n) is 11.9. The lowest BCUT2D eigenvalue weighted by atomic mass is 10.1. The van der Waals surface area contributed by atoms with Crippen LogP contribution in [0, 0.1) is 6.92 Å². The van der Waals surface area contributed by atoms with E-state index in [9.17, 15) is 14.7 Å². The highest BCUT2D eigenvalue weighted by Gasteiger charge is 2.16. The Balaban J connectivity index is 2.67. The normalized spacial score (nSPS) is 10.3. The fraction of sp³-hybridized carbons (Fsp3) is 0.467. The van der Waals surface area contributed by atoms with E-state index in [0.29, 0.717) is 31.5 Å². The molecule has 1 rings (SSSR count). The maximum atomic E-state index is 12.2. The first-order valence-electron chi connectivity index (χ1n) is 6.77. The highest BCUT2D eigenvalue weighted by Crippen LogP contribution is 2.25. The van der Waals surface area contributed by atoms with Crippen molar-refractivity contribution in [3.8, 4) is 5.75 Å². The van der Waals surface area contributed by atoms with Crippen LogP contribution in [0.15, 0.2) is 18.2 Å². The van der Waals surface area contributed by atoms with Gasteiger partial charge >= 0.3 is 5.97 Å². The number of unbranched alkanes of at least 4 members (excludes halogenated alkanes) is 1. The molecule has 1 amide bonds. The van der Waals surface area contributed by atoms with E-state index in [4.69, 9.17) is 5.11 Å². The first-order valence-corrected chi connectivity index (χ1v) is 6.77. The summed E-state index contributed by atoms with van der Waals surface area (Å²) in [6.45, 7) is 4.27. The summed E-state index contributed by atoms with van der Waals surface area (Å²) in [5.41, 5.74) is 1.62. The number of aliphatic carboxylic acids is 1. The molecule has 0 heterocycles. The largest absolute Gasteiger partial charge is 0.508 e. The zero-order valence-corrected chi connectivity index (χ0v) is 11.9. The van der Waals surface area contributed by atoms with Gasteiger partial charge in [-0.2, -0.15) is 0 Å². The summed E-state index contributed by atoms with van der Waals surface area (Å²) in [5, 5.41) is 18.1. The SMILES string of the molecule is CCN(C(=O)CCCCC(=O)O)c1cc(O)ccc1C. The van der Waals surface area contributed by atoms with E-state index in [1.54, 1.807) is 23.1 Å².